The van der Waals surface area contributed by atoms with E-state index in [0.29, 0.717) is 23.8 Å². The molecule has 200 valence electrons. The van der Waals surface area contributed by atoms with Crippen LogP contribution in [0.1, 0.15) is 29.6 Å². The number of rotatable bonds is 9. The molecular formula is C26H27ClN4O5S2. The van der Waals surface area contributed by atoms with Gasteiger partial charge in [-0.3, -0.25) is 14.4 Å². The first-order valence-corrected chi connectivity index (χ1v) is 15.3. The van der Waals surface area contributed by atoms with E-state index in [1.807, 2.05) is 4.90 Å². The van der Waals surface area contributed by atoms with Crippen molar-refractivity contribution in [3.8, 4) is 0 Å². The summed E-state index contributed by atoms with van der Waals surface area (Å²) in [6.45, 7) is 5.12. The number of pyridine rings is 1. The monoisotopic (exact) mass is 574 g/mol. The zero-order valence-electron chi connectivity index (χ0n) is 20.4. The number of aromatic nitrogens is 1. The van der Waals surface area contributed by atoms with Crippen LogP contribution in [0.2, 0.25) is 5.02 Å². The van der Waals surface area contributed by atoms with E-state index in [1.165, 1.54) is 72.9 Å². The summed E-state index contributed by atoms with van der Waals surface area (Å²) in [5.74, 6) is -0.783. The van der Waals surface area contributed by atoms with Crippen LogP contribution < -0.4 is 10.0 Å². The smallest absolute Gasteiger partial charge is 0.263 e. The Morgan fingerprint density at radius 1 is 0.947 bits per heavy atom. The number of carbonyl (C=O) groups is 1. The highest BCUT2D eigenvalue weighted by Gasteiger charge is 2.31. The number of piperidine rings is 1. The van der Waals surface area contributed by atoms with Crippen molar-refractivity contribution in [2.24, 2.45) is 0 Å². The Bertz CT molecular complexity index is 1520. The van der Waals surface area contributed by atoms with Crippen LogP contribution in [0, 0.1) is 0 Å². The van der Waals surface area contributed by atoms with Gasteiger partial charge in [-0.25, -0.2) is 21.8 Å². The van der Waals surface area contributed by atoms with Crippen molar-refractivity contribution < 1.29 is 21.6 Å². The number of hydrogen-bond donors (Lipinski definition) is 2. The summed E-state index contributed by atoms with van der Waals surface area (Å²) in [4.78, 5) is 19.0. The Kier molecular flexibility index (Phi) is 8.51. The highest BCUT2D eigenvalue weighted by atomic mass is 35.5. The van der Waals surface area contributed by atoms with Gasteiger partial charge in [-0.15, -0.1) is 6.58 Å². The number of anilines is 2. The third-order valence-corrected chi connectivity index (χ3v) is 9.78. The molecule has 3 aromatic rings. The number of sulfone groups is 1. The van der Waals surface area contributed by atoms with E-state index in [0.717, 1.165) is 19.3 Å². The highest BCUT2D eigenvalue weighted by Crippen LogP contribution is 2.25. The van der Waals surface area contributed by atoms with Crippen LogP contribution in [-0.2, 0) is 19.9 Å². The van der Waals surface area contributed by atoms with Crippen LogP contribution in [0.3, 0.4) is 0 Å². The molecule has 2 aromatic carbocycles. The van der Waals surface area contributed by atoms with Gasteiger partial charge in [0.25, 0.3) is 15.9 Å². The maximum Gasteiger partial charge on any atom is 0.263 e. The van der Waals surface area contributed by atoms with Crippen molar-refractivity contribution in [1.82, 2.24) is 9.88 Å². The van der Waals surface area contributed by atoms with Gasteiger partial charge >= 0.3 is 0 Å². The van der Waals surface area contributed by atoms with E-state index in [4.69, 9.17) is 11.6 Å². The Balaban J connectivity index is 1.50. The van der Waals surface area contributed by atoms with E-state index >= 15 is 0 Å². The highest BCUT2D eigenvalue weighted by molar-refractivity contribution is 7.92. The van der Waals surface area contributed by atoms with Crippen molar-refractivity contribution in [2.45, 2.75) is 34.4 Å². The molecule has 0 spiro atoms. The van der Waals surface area contributed by atoms with Crippen LogP contribution in [0.15, 0.2) is 89.3 Å². The van der Waals surface area contributed by atoms with Crippen LogP contribution in [0.4, 0.5) is 11.5 Å². The molecule has 0 saturated carbocycles. The molecular weight excluding hydrogens is 548 g/mol. The zero-order valence-corrected chi connectivity index (χ0v) is 22.8. The minimum atomic E-state index is -4.03. The molecule has 1 aliphatic rings. The Morgan fingerprint density at radius 3 is 2.21 bits per heavy atom. The van der Waals surface area contributed by atoms with Crippen molar-refractivity contribution in [3.05, 3.63) is 90.1 Å². The Morgan fingerprint density at radius 2 is 1.58 bits per heavy atom. The summed E-state index contributed by atoms with van der Waals surface area (Å²) < 4.78 is 54.4. The summed E-state index contributed by atoms with van der Waals surface area (Å²) in [5, 5.41) is 2.22. The number of hydrogen-bond acceptors (Lipinski definition) is 7. The number of nitrogens with one attached hydrogen (secondary N) is 2. The van der Waals surface area contributed by atoms with Crippen molar-refractivity contribution in [1.29, 1.82) is 0 Å². The largest absolute Gasteiger partial charge is 0.322 e. The molecule has 12 heteroatoms. The molecule has 0 aliphatic carbocycles. The van der Waals surface area contributed by atoms with Crippen molar-refractivity contribution in [3.63, 3.8) is 0 Å². The van der Waals surface area contributed by atoms with E-state index in [-0.39, 0.29) is 21.2 Å². The summed E-state index contributed by atoms with van der Waals surface area (Å²) >= 11 is 5.84. The molecule has 2 heterocycles. The van der Waals surface area contributed by atoms with E-state index in [1.54, 1.807) is 0 Å². The molecule has 1 fully saturated rings. The molecule has 1 atom stereocenters. The molecule has 38 heavy (non-hydrogen) atoms. The summed E-state index contributed by atoms with van der Waals surface area (Å²) in [5.41, 5.74) is 0.316. The predicted octanol–water partition coefficient (Wildman–Crippen LogP) is 4.56. The van der Waals surface area contributed by atoms with E-state index in [2.05, 4.69) is 21.6 Å². The fourth-order valence-electron chi connectivity index (χ4n) is 4.18. The number of nitrogens with zero attached hydrogens (tertiary/aromatic N) is 2. The second kappa shape index (κ2) is 11.6. The van der Waals surface area contributed by atoms with Crippen LogP contribution in [0.5, 0.6) is 0 Å². The third kappa shape index (κ3) is 6.24. The second-order valence-corrected chi connectivity index (χ2v) is 12.9. The molecule has 9 nitrogen and oxygen atoms in total. The average molecular weight is 575 g/mol. The third-order valence-electron chi connectivity index (χ3n) is 6.12. The first-order chi connectivity index (χ1) is 18.1. The number of carbonyl (C=O) groups excluding carboxylic acids is 1. The predicted molar refractivity (Wildman–Crippen MR) is 147 cm³/mol. The van der Waals surface area contributed by atoms with Gasteiger partial charge < -0.3 is 5.32 Å². The quantitative estimate of drug-likeness (QED) is 0.359. The molecule has 1 amide bonds. The molecule has 2 N–H and O–H groups in total. The fourth-order valence-corrected chi connectivity index (χ4v) is 6.99. The zero-order chi connectivity index (χ0) is 27.3. The average Bonchev–Trinajstić information content (AvgIpc) is 2.90. The second-order valence-electron chi connectivity index (χ2n) is 8.71. The van der Waals surface area contributed by atoms with E-state index in [9.17, 15) is 21.6 Å². The van der Waals surface area contributed by atoms with Gasteiger partial charge in [-0.1, -0.05) is 24.1 Å². The normalized spacial score (nSPS) is 15.4. The summed E-state index contributed by atoms with van der Waals surface area (Å²) in [7, 11) is -7.74. The minimum Gasteiger partial charge on any atom is -0.322 e. The van der Waals surface area contributed by atoms with Gasteiger partial charge in [0.1, 0.15) is 5.37 Å². The minimum absolute atomic E-state index is 0.0152. The van der Waals surface area contributed by atoms with Gasteiger partial charge in [0.15, 0.2) is 15.7 Å². The van der Waals surface area contributed by atoms with Crippen LogP contribution in [0.25, 0.3) is 0 Å². The molecule has 1 saturated heterocycles. The molecule has 0 radical (unpaired) electrons. The number of amides is 1. The number of benzene rings is 2. The Labute approximate surface area is 227 Å². The van der Waals surface area contributed by atoms with Gasteiger partial charge in [-0.2, -0.15) is 0 Å². The fraction of sp³-hybridized carbons (Fsp3) is 0.231. The number of sulfonamides is 1. The topological polar surface area (TPSA) is 126 Å². The first kappa shape index (κ1) is 27.8. The van der Waals surface area contributed by atoms with Gasteiger partial charge in [0.05, 0.1) is 15.4 Å². The maximum absolute atomic E-state index is 13.2. The number of halogens is 1. The molecule has 1 aromatic heterocycles. The van der Waals surface area contributed by atoms with Gasteiger partial charge in [-0.05, 0) is 86.6 Å². The lowest BCUT2D eigenvalue weighted by Gasteiger charge is -2.32. The molecule has 1 unspecified atom stereocenters. The van der Waals surface area contributed by atoms with Gasteiger partial charge in [0, 0.05) is 16.9 Å². The molecule has 1 aliphatic heterocycles. The van der Waals surface area contributed by atoms with Crippen LogP contribution >= 0.6 is 11.6 Å². The van der Waals surface area contributed by atoms with Crippen molar-refractivity contribution >= 4 is 48.9 Å². The Hall–Kier alpha value is -3.25. The lowest BCUT2D eigenvalue weighted by atomic mass is 10.1. The summed E-state index contributed by atoms with van der Waals surface area (Å²) in [6.07, 6.45) is 5.77. The lowest BCUT2D eigenvalue weighted by molar-refractivity contribution is 0.102. The lowest BCUT2D eigenvalue weighted by Crippen LogP contribution is -2.42. The first-order valence-electron chi connectivity index (χ1n) is 11.9. The van der Waals surface area contributed by atoms with E-state index < -0.39 is 31.1 Å². The van der Waals surface area contributed by atoms with Crippen molar-refractivity contribution in [2.75, 3.05) is 23.1 Å². The summed E-state index contributed by atoms with van der Waals surface area (Å²) in [6, 6.07) is 14.3. The van der Waals surface area contributed by atoms with Gasteiger partial charge in [0.2, 0.25) is 0 Å². The number of likely N-dealkylation sites (tertiary alicyclic amines) is 1. The maximum atomic E-state index is 13.2. The molecule has 0 bridgehead atoms. The van der Waals surface area contributed by atoms with Crippen LogP contribution in [-0.4, -0.2) is 51.1 Å². The SMILES string of the molecule is C=CC(N1CCCCC1)S(=O)(=O)c1ccc(NC(=O)c2cccnc2NS(=O)(=O)c2ccc(Cl)cc2)cc1. The molecule has 4 rings (SSSR count). The standard InChI is InChI=1S/C26H27ClN4O5S2/c1-2-24(31-17-4-3-5-18-31)37(33,34)21-14-10-20(11-15-21)29-26(32)23-7-6-16-28-25(23)30-38(35,36)22-12-8-19(27)9-13-22/h2,6-16,24H,1,3-5,17-18H2,(H,28,30)(H,29,32).